The normalized spacial score (nSPS) is 13.4. The second kappa shape index (κ2) is 11.1. The second-order valence-electron chi connectivity index (χ2n) is 7.75. The van der Waals surface area contributed by atoms with Crippen molar-refractivity contribution >= 4 is 23.4 Å². The quantitative estimate of drug-likeness (QED) is 0.463. The van der Waals surface area contributed by atoms with Crippen molar-refractivity contribution in [1.29, 1.82) is 0 Å². The number of rotatable bonds is 8. The summed E-state index contributed by atoms with van der Waals surface area (Å²) in [4.78, 5) is 21.2. The zero-order valence-electron chi connectivity index (χ0n) is 17.7. The lowest BCUT2D eigenvalue weighted by Crippen LogP contribution is -2.45. The Kier molecular flexibility index (Phi) is 9.55. The molecular formula is C19H35N5O2S. The molecule has 1 aromatic rings. The van der Waals surface area contributed by atoms with Gasteiger partial charge in [0.05, 0.1) is 23.3 Å². The summed E-state index contributed by atoms with van der Waals surface area (Å²) in [6.07, 6.45) is 0.437. The van der Waals surface area contributed by atoms with Crippen LogP contribution in [0.2, 0.25) is 0 Å². The molecule has 27 heavy (non-hydrogen) atoms. The Morgan fingerprint density at radius 1 is 1.33 bits per heavy atom. The highest BCUT2D eigenvalue weighted by Crippen LogP contribution is 2.09. The SMILES string of the molecule is CCNC(=NCC(NC(=O)OC(C)(C)C)C(C)C)NCCc1csc(C)n1. The van der Waals surface area contributed by atoms with Gasteiger partial charge in [0.1, 0.15) is 5.60 Å². The highest BCUT2D eigenvalue weighted by Gasteiger charge is 2.21. The first-order chi connectivity index (χ1) is 12.6. The Morgan fingerprint density at radius 2 is 2.04 bits per heavy atom. The van der Waals surface area contributed by atoms with Crippen molar-refractivity contribution in [3.05, 3.63) is 16.1 Å². The molecule has 0 aliphatic heterocycles. The van der Waals surface area contributed by atoms with Gasteiger partial charge in [-0.2, -0.15) is 0 Å². The van der Waals surface area contributed by atoms with Crippen LogP contribution in [0, 0.1) is 12.8 Å². The van der Waals surface area contributed by atoms with E-state index in [9.17, 15) is 4.79 Å². The van der Waals surface area contributed by atoms with Gasteiger partial charge in [0.2, 0.25) is 0 Å². The van der Waals surface area contributed by atoms with E-state index in [1.165, 1.54) is 0 Å². The van der Waals surface area contributed by atoms with Gasteiger partial charge in [-0.1, -0.05) is 13.8 Å². The van der Waals surface area contributed by atoms with Crippen LogP contribution in [0.4, 0.5) is 4.79 Å². The number of thiazole rings is 1. The third-order valence-electron chi connectivity index (χ3n) is 3.64. The summed E-state index contributed by atoms with van der Waals surface area (Å²) in [6.45, 7) is 15.7. The van der Waals surface area contributed by atoms with Gasteiger partial charge in [0, 0.05) is 24.9 Å². The number of nitrogens with zero attached hydrogens (tertiary/aromatic N) is 2. The molecule has 7 nitrogen and oxygen atoms in total. The minimum Gasteiger partial charge on any atom is -0.444 e. The molecule has 0 fully saturated rings. The Balaban J connectivity index is 2.58. The predicted molar refractivity (Wildman–Crippen MR) is 113 cm³/mol. The molecule has 1 heterocycles. The smallest absolute Gasteiger partial charge is 0.407 e. The number of aryl methyl sites for hydroxylation is 1. The van der Waals surface area contributed by atoms with E-state index in [1.807, 2.05) is 34.6 Å². The number of amides is 1. The van der Waals surface area contributed by atoms with E-state index in [4.69, 9.17) is 4.74 Å². The molecule has 8 heteroatoms. The average molecular weight is 398 g/mol. The van der Waals surface area contributed by atoms with E-state index in [2.05, 4.69) is 45.2 Å². The van der Waals surface area contributed by atoms with Crippen molar-refractivity contribution < 1.29 is 9.53 Å². The topological polar surface area (TPSA) is 87.6 Å². The maximum Gasteiger partial charge on any atom is 0.407 e. The fourth-order valence-electron chi connectivity index (χ4n) is 2.25. The van der Waals surface area contributed by atoms with Crippen LogP contribution in [0.3, 0.4) is 0 Å². The van der Waals surface area contributed by atoms with Crippen molar-refractivity contribution in [2.24, 2.45) is 10.9 Å². The molecule has 1 atom stereocenters. The molecule has 1 rings (SSSR count). The van der Waals surface area contributed by atoms with Crippen molar-refractivity contribution in [3.8, 4) is 0 Å². The molecular weight excluding hydrogens is 362 g/mol. The van der Waals surface area contributed by atoms with E-state index >= 15 is 0 Å². The molecule has 3 N–H and O–H groups in total. The lowest BCUT2D eigenvalue weighted by atomic mass is 10.1. The number of guanidine groups is 1. The number of carbonyl (C=O) groups is 1. The average Bonchev–Trinajstić information content (AvgIpc) is 2.94. The minimum absolute atomic E-state index is 0.100. The van der Waals surface area contributed by atoms with Gasteiger partial charge >= 0.3 is 6.09 Å². The number of nitrogens with one attached hydrogen (secondary N) is 3. The summed E-state index contributed by atoms with van der Waals surface area (Å²) in [7, 11) is 0. The molecule has 1 amide bonds. The van der Waals surface area contributed by atoms with Crippen molar-refractivity contribution in [2.75, 3.05) is 19.6 Å². The van der Waals surface area contributed by atoms with Gasteiger partial charge in [0.15, 0.2) is 5.96 Å². The van der Waals surface area contributed by atoms with Crippen LogP contribution in [0.1, 0.15) is 52.2 Å². The second-order valence-corrected chi connectivity index (χ2v) is 8.81. The molecule has 0 aliphatic rings. The zero-order valence-corrected chi connectivity index (χ0v) is 18.5. The molecule has 0 aliphatic carbocycles. The number of aliphatic imine (C=N–C) groups is 1. The molecule has 0 aromatic carbocycles. The number of ether oxygens (including phenoxy) is 1. The fourth-order valence-corrected chi connectivity index (χ4v) is 2.89. The highest BCUT2D eigenvalue weighted by atomic mass is 32.1. The molecule has 0 spiro atoms. The minimum atomic E-state index is -0.514. The highest BCUT2D eigenvalue weighted by molar-refractivity contribution is 7.09. The van der Waals surface area contributed by atoms with Gasteiger partial charge in [-0.25, -0.2) is 9.78 Å². The van der Waals surface area contributed by atoms with Gasteiger partial charge in [-0.3, -0.25) is 4.99 Å². The zero-order chi connectivity index (χ0) is 20.4. The molecule has 0 saturated heterocycles. The summed E-state index contributed by atoms with van der Waals surface area (Å²) in [5.41, 5.74) is 0.576. The van der Waals surface area contributed by atoms with Gasteiger partial charge in [0.25, 0.3) is 0 Å². The molecule has 0 radical (unpaired) electrons. The summed E-state index contributed by atoms with van der Waals surface area (Å²) in [5.74, 6) is 0.975. The Labute approximate surface area is 167 Å². The summed E-state index contributed by atoms with van der Waals surface area (Å²) in [6, 6.07) is -0.100. The van der Waals surface area contributed by atoms with Crippen LogP contribution < -0.4 is 16.0 Å². The number of hydrogen-bond acceptors (Lipinski definition) is 5. The van der Waals surface area contributed by atoms with E-state index in [0.717, 1.165) is 36.2 Å². The first-order valence-electron chi connectivity index (χ1n) is 9.53. The van der Waals surface area contributed by atoms with Gasteiger partial charge < -0.3 is 20.7 Å². The fraction of sp³-hybridized carbons (Fsp3) is 0.737. The van der Waals surface area contributed by atoms with Crippen molar-refractivity contribution in [3.63, 3.8) is 0 Å². The van der Waals surface area contributed by atoms with Crippen molar-refractivity contribution in [1.82, 2.24) is 20.9 Å². The number of hydrogen-bond donors (Lipinski definition) is 3. The standard InChI is InChI=1S/C19H35N5O2S/c1-8-20-17(21-10-9-15-12-27-14(4)23-15)22-11-16(13(2)3)24-18(25)26-19(5,6)7/h12-13,16H,8-11H2,1-7H3,(H,24,25)(H2,20,21,22). The summed E-state index contributed by atoms with van der Waals surface area (Å²) < 4.78 is 5.35. The predicted octanol–water partition coefficient (Wildman–Crippen LogP) is 3.10. The Hall–Kier alpha value is -1.83. The molecule has 1 aromatic heterocycles. The molecule has 0 bridgehead atoms. The first-order valence-corrected chi connectivity index (χ1v) is 10.4. The lowest BCUT2D eigenvalue weighted by molar-refractivity contribution is 0.0493. The van der Waals surface area contributed by atoms with Crippen LogP contribution in [0.15, 0.2) is 10.4 Å². The summed E-state index contributed by atoms with van der Waals surface area (Å²) >= 11 is 1.66. The molecule has 1 unspecified atom stereocenters. The summed E-state index contributed by atoms with van der Waals surface area (Å²) in [5, 5.41) is 12.6. The first kappa shape index (κ1) is 23.2. The molecule has 154 valence electrons. The Bertz CT molecular complexity index is 607. The number of carbonyl (C=O) groups excluding carboxylic acids is 1. The number of aromatic nitrogens is 1. The number of alkyl carbamates (subject to hydrolysis) is 1. The van der Waals surface area contributed by atoms with Crippen LogP contribution in [0.5, 0.6) is 0 Å². The van der Waals surface area contributed by atoms with Crippen LogP contribution in [-0.4, -0.2) is 48.3 Å². The third-order valence-corrected chi connectivity index (χ3v) is 4.46. The molecule has 0 saturated carbocycles. The maximum absolute atomic E-state index is 12.1. The van der Waals surface area contributed by atoms with E-state index < -0.39 is 11.7 Å². The van der Waals surface area contributed by atoms with E-state index in [0.29, 0.717) is 6.54 Å². The van der Waals surface area contributed by atoms with Crippen molar-refractivity contribution in [2.45, 2.75) is 66.5 Å². The lowest BCUT2D eigenvalue weighted by Gasteiger charge is -2.25. The van der Waals surface area contributed by atoms with E-state index in [-0.39, 0.29) is 12.0 Å². The largest absolute Gasteiger partial charge is 0.444 e. The maximum atomic E-state index is 12.1. The van der Waals surface area contributed by atoms with Gasteiger partial charge in [-0.15, -0.1) is 11.3 Å². The van der Waals surface area contributed by atoms with E-state index in [1.54, 1.807) is 11.3 Å². The monoisotopic (exact) mass is 397 g/mol. The third kappa shape index (κ3) is 10.2. The Morgan fingerprint density at radius 3 is 2.56 bits per heavy atom. The van der Waals surface area contributed by atoms with Crippen LogP contribution in [-0.2, 0) is 11.2 Å². The van der Waals surface area contributed by atoms with Gasteiger partial charge in [-0.05, 0) is 40.5 Å². The van der Waals surface area contributed by atoms with Crippen LogP contribution in [0.25, 0.3) is 0 Å². The van der Waals surface area contributed by atoms with Crippen LogP contribution >= 0.6 is 11.3 Å².